The molecular weight excluding hydrogens is 369 g/mol. The number of hydrogen-bond acceptors (Lipinski definition) is 3. The molecule has 0 radical (unpaired) electrons. The Bertz CT molecular complexity index is 1040. The molecule has 3 aromatic rings. The van der Waals surface area contributed by atoms with E-state index in [4.69, 9.17) is 4.74 Å². The molecule has 0 amide bonds. The van der Waals surface area contributed by atoms with Gasteiger partial charge in [-0.15, -0.1) is 0 Å². The van der Waals surface area contributed by atoms with Crippen LogP contribution < -0.4 is 0 Å². The van der Waals surface area contributed by atoms with Crippen molar-refractivity contribution in [1.82, 2.24) is 4.98 Å². The minimum atomic E-state index is -4.43. The van der Waals surface area contributed by atoms with E-state index in [1.165, 1.54) is 18.2 Å². The Morgan fingerprint density at radius 1 is 1.14 bits per heavy atom. The molecule has 0 saturated carbocycles. The number of aromatic amines is 1. The number of carbonyl (C=O) groups excluding carboxylic acids is 1. The van der Waals surface area contributed by atoms with Crippen molar-refractivity contribution in [1.29, 1.82) is 5.26 Å². The summed E-state index contributed by atoms with van der Waals surface area (Å²) in [5, 5.41) is 9.36. The molecule has 0 bridgehead atoms. The number of nitrogens with one attached hydrogen (secondary N) is 1. The summed E-state index contributed by atoms with van der Waals surface area (Å²) in [6.45, 7) is 1.84. The van der Waals surface area contributed by atoms with E-state index < -0.39 is 17.7 Å². The minimum absolute atomic E-state index is 0.166. The Morgan fingerprint density at radius 3 is 2.43 bits per heavy atom. The number of aromatic nitrogens is 1. The predicted molar refractivity (Wildman–Crippen MR) is 97.3 cm³/mol. The van der Waals surface area contributed by atoms with Crippen LogP contribution in [0.2, 0.25) is 0 Å². The Balaban J connectivity index is 2.12. The molecule has 3 rings (SSSR count). The van der Waals surface area contributed by atoms with Crippen LogP contribution >= 0.6 is 0 Å². The lowest BCUT2D eigenvalue weighted by atomic mass is 10.0. The maximum atomic E-state index is 12.8. The fourth-order valence-electron chi connectivity index (χ4n) is 2.83. The molecule has 4 nitrogen and oxygen atoms in total. The largest absolute Gasteiger partial charge is 0.462 e. The number of benzene rings is 2. The molecule has 0 saturated heterocycles. The summed E-state index contributed by atoms with van der Waals surface area (Å²) in [6, 6.07) is 14.9. The minimum Gasteiger partial charge on any atom is -0.462 e. The number of alkyl halides is 3. The lowest BCUT2D eigenvalue weighted by Gasteiger charge is -2.07. The van der Waals surface area contributed by atoms with E-state index in [1.807, 2.05) is 0 Å². The highest BCUT2D eigenvalue weighted by Gasteiger charge is 2.30. The first-order chi connectivity index (χ1) is 13.3. The highest BCUT2D eigenvalue weighted by atomic mass is 19.4. The zero-order valence-electron chi connectivity index (χ0n) is 14.8. The Kier molecular flexibility index (Phi) is 5.23. The number of nitrogens with zero attached hydrogens (tertiary/aromatic N) is 1. The number of halogens is 3. The molecule has 0 fully saturated rings. The van der Waals surface area contributed by atoms with Crippen LogP contribution in [0.3, 0.4) is 0 Å². The van der Waals surface area contributed by atoms with Crippen LogP contribution in [0.1, 0.15) is 28.4 Å². The van der Waals surface area contributed by atoms with Crippen LogP contribution in [0.25, 0.3) is 22.5 Å². The van der Waals surface area contributed by atoms with E-state index in [1.54, 1.807) is 31.2 Å². The van der Waals surface area contributed by atoms with Gasteiger partial charge in [0.2, 0.25) is 0 Å². The molecule has 0 aliphatic carbocycles. The zero-order valence-corrected chi connectivity index (χ0v) is 14.8. The molecule has 7 heteroatoms. The van der Waals surface area contributed by atoms with Crippen molar-refractivity contribution in [3.63, 3.8) is 0 Å². The highest BCUT2D eigenvalue weighted by Crippen LogP contribution is 2.34. The van der Waals surface area contributed by atoms with E-state index in [0.717, 1.165) is 12.1 Å². The van der Waals surface area contributed by atoms with E-state index in [9.17, 15) is 23.2 Å². The number of nitriles is 1. The highest BCUT2D eigenvalue weighted by molar-refractivity contribution is 5.99. The van der Waals surface area contributed by atoms with Gasteiger partial charge in [0.05, 0.1) is 35.1 Å². The maximum absolute atomic E-state index is 12.8. The van der Waals surface area contributed by atoms with Crippen LogP contribution in [0, 0.1) is 11.3 Å². The molecule has 28 heavy (non-hydrogen) atoms. The molecule has 1 N–H and O–H groups in total. The van der Waals surface area contributed by atoms with Gasteiger partial charge in [0, 0.05) is 11.3 Å². The van der Waals surface area contributed by atoms with Gasteiger partial charge in [-0.1, -0.05) is 30.3 Å². The van der Waals surface area contributed by atoms with Crippen molar-refractivity contribution in [2.75, 3.05) is 6.61 Å². The predicted octanol–water partition coefficient (Wildman–Crippen LogP) is 5.42. The molecule has 0 unspecified atom stereocenters. The second-order valence-corrected chi connectivity index (χ2v) is 5.92. The molecule has 0 aliphatic rings. The third kappa shape index (κ3) is 3.76. The molecule has 0 atom stereocenters. The molecule has 1 heterocycles. The lowest BCUT2D eigenvalue weighted by molar-refractivity contribution is -0.137. The van der Waals surface area contributed by atoms with Crippen molar-refractivity contribution in [3.8, 4) is 28.6 Å². The Hall–Kier alpha value is -3.53. The SMILES string of the molecule is CCOC(=O)c1cc(-c2ccc(C(F)(F)F)cc2)[nH]c1-c1ccccc1C#N. The fourth-order valence-corrected chi connectivity index (χ4v) is 2.83. The van der Waals surface area contributed by atoms with Gasteiger partial charge in [-0.3, -0.25) is 0 Å². The summed E-state index contributed by atoms with van der Waals surface area (Å²) in [5.74, 6) is -0.584. The van der Waals surface area contributed by atoms with Gasteiger partial charge in [0.1, 0.15) is 0 Å². The van der Waals surface area contributed by atoms with Gasteiger partial charge in [-0.2, -0.15) is 18.4 Å². The number of carbonyl (C=O) groups is 1. The number of ether oxygens (including phenoxy) is 1. The smallest absolute Gasteiger partial charge is 0.416 e. The number of esters is 1. The van der Waals surface area contributed by atoms with Crippen LogP contribution in [0.5, 0.6) is 0 Å². The number of H-pyrrole nitrogens is 1. The Labute approximate surface area is 159 Å². The zero-order chi connectivity index (χ0) is 20.3. The monoisotopic (exact) mass is 384 g/mol. The van der Waals surface area contributed by atoms with Gasteiger partial charge >= 0.3 is 12.1 Å². The van der Waals surface area contributed by atoms with E-state index in [0.29, 0.717) is 28.1 Å². The quantitative estimate of drug-likeness (QED) is 0.611. The average Bonchev–Trinajstić information content (AvgIpc) is 3.13. The molecule has 0 aliphatic heterocycles. The lowest BCUT2D eigenvalue weighted by Crippen LogP contribution is -2.05. The molecule has 0 spiro atoms. The fraction of sp³-hybridized carbons (Fsp3) is 0.143. The molecular formula is C21H15F3N2O2. The van der Waals surface area contributed by atoms with E-state index >= 15 is 0 Å². The molecule has 2 aromatic carbocycles. The summed E-state index contributed by atoms with van der Waals surface area (Å²) in [6.07, 6.45) is -4.43. The van der Waals surface area contributed by atoms with Gasteiger partial charge in [-0.05, 0) is 36.8 Å². The third-order valence-electron chi connectivity index (χ3n) is 4.15. The Morgan fingerprint density at radius 2 is 1.82 bits per heavy atom. The van der Waals surface area contributed by atoms with Crippen LogP contribution in [-0.4, -0.2) is 17.6 Å². The van der Waals surface area contributed by atoms with E-state index in [-0.39, 0.29) is 12.2 Å². The van der Waals surface area contributed by atoms with Crippen molar-refractivity contribution in [3.05, 3.63) is 71.3 Å². The summed E-state index contributed by atoms with van der Waals surface area (Å²) >= 11 is 0. The topological polar surface area (TPSA) is 65.9 Å². The summed E-state index contributed by atoms with van der Waals surface area (Å²) < 4.78 is 43.4. The summed E-state index contributed by atoms with van der Waals surface area (Å²) in [7, 11) is 0. The van der Waals surface area contributed by atoms with Crippen LogP contribution in [0.4, 0.5) is 13.2 Å². The number of hydrogen-bond donors (Lipinski definition) is 1. The maximum Gasteiger partial charge on any atom is 0.416 e. The summed E-state index contributed by atoms with van der Waals surface area (Å²) in [4.78, 5) is 15.4. The van der Waals surface area contributed by atoms with Gasteiger partial charge in [0.25, 0.3) is 0 Å². The van der Waals surface area contributed by atoms with Gasteiger partial charge in [0.15, 0.2) is 0 Å². The third-order valence-corrected chi connectivity index (χ3v) is 4.15. The molecule has 142 valence electrons. The first-order valence-electron chi connectivity index (χ1n) is 8.42. The molecule has 1 aromatic heterocycles. The normalized spacial score (nSPS) is 11.1. The standard InChI is InChI=1S/C21H15F3N2O2/c1-2-28-20(27)17-11-18(13-7-9-15(10-8-13)21(22,23)24)26-19(17)16-6-4-3-5-14(16)12-25/h3-11,26H,2H2,1H3. The second-order valence-electron chi connectivity index (χ2n) is 5.92. The average molecular weight is 384 g/mol. The van der Waals surface area contributed by atoms with Gasteiger partial charge < -0.3 is 9.72 Å². The summed E-state index contributed by atoms with van der Waals surface area (Å²) in [5.41, 5.74) is 1.60. The first kappa shape index (κ1) is 19.2. The van der Waals surface area contributed by atoms with Crippen molar-refractivity contribution in [2.24, 2.45) is 0 Å². The van der Waals surface area contributed by atoms with Crippen LogP contribution in [-0.2, 0) is 10.9 Å². The first-order valence-corrected chi connectivity index (χ1v) is 8.42. The van der Waals surface area contributed by atoms with E-state index in [2.05, 4.69) is 11.1 Å². The van der Waals surface area contributed by atoms with Crippen LogP contribution in [0.15, 0.2) is 54.6 Å². The van der Waals surface area contributed by atoms with Crippen molar-refractivity contribution < 1.29 is 22.7 Å². The number of rotatable bonds is 4. The second kappa shape index (κ2) is 7.61. The van der Waals surface area contributed by atoms with Gasteiger partial charge in [-0.25, -0.2) is 4.79 Å². The van der Waals surface area contributed by atoms with Crippen molar-refractivity contribution in [2.45, 2.75) is 13.1 Å². The van der Waals surface area contributed by atoms with Crippen molar-refractivity contribution >= 4 is 5.97 Å².